The highest BCUT2D eigenvalue weighted by atomic mass is 127. The summed E-state index contributed by atoms with van der Waals surface area (Å²) in [5.74, 6) is -5.10. The van der Waals surface area contributed by atoms with Crippen molar-refractivity contribution in [3.05, 3.63) is 64.7 Å². The summed E-state index contributed by atoms with van der Waals surface area (Å²) in [6.45, 7) is 2.02. The number of carbonyl (C=O) groups excluding carboxylic acids is 1. The van der Waals surface area contributed by atoms with Gasteiger partial charge in [-0.15, -0.1) is 24.0 Å². The maximum absolute atomic E-state index is 13.6. The van der Waals surface area contributed by atoms with Crippen molar-refractivity contribution in [2.45, 2.75) is 13.3 Å². The van der Waals surface area contributed by atoms with Gasteiger partial charge in [-0.1, -0.05) is 6.07 Å². The highest BCUT2D eigenvalue weighted by molar-refractivity contribution is 14.0. The number of guanidine groups is 1. The van der Waals surface area contributed by atoms with E-state index in [1.54, 1.807) is 6.07 Å². The van der Waals surface area contributed by atoms with Crippen molar-refractivity contribution >= 4 is 41.5 Å². The Morgan fingerprint density at radius 2 is 1.76 bits per heavy atom. The van der Waals surface area contributed by atoms with Crippen molar-refractivity contribution in [2.75, 3.05) is 25.5 Å². The molecule has 2 rings (SSSR count). The Morgan fingerprint density at radius 1 is 1.03 bits per heavy atom. The molecule has 0 fully saturated rings. The van der Waals surface area contributed by atoms with Gasteiger partial charge in [0.25, 0.3) is 0 Å². The number of hydrogen-bond acceptors (Lipinski definition) is 2. The fourth-order valence-corrected chi connectivity index (χ4v) is 2.46. The minimum atomic E-state index is -1.65. The van der Waals surface area contributed by atoms with E-state index in [9.17, 15) is 22.4 Å². The minimum Gasteiger partial charge on any atom is -0.356 e. The van der Waals surface area contributed by atoms with Crippen LogP contribution in [0.4, 0.5) is 23.2 Å². The maximum atomic E-state index is 13.6. The molecule has 0 bridgehead atoms. The van der Waals surface area contributed by atoms with E-state index in [0.29, 0.717) is 18.9 Å². The summed E-state index contributed by atoms with van der Waals surface area (Å²) in [4.78, 5) is 15.8. The number of benzene rings is 2. The Labute approximate surface area is 183 Å². The van der Waals surface area contributed by atoms with Crippen LogP contribution in [0.25, 0.3) is 0 Å². The van der Waals surface area contributed by atoms with E-state index in [2.05, 4.69) is 20.9 Å². The molecule has 0 aliphatic rings. The third-order valence-electron chi connectivity index (χ3n) is 3.94. The first-order chi connectivity index (χ1) is 13.3. The van der Waals surface area contributed by atoms with Crippen LogP contribution in [0.2, 0.25) is 0 Å². The summed E-state index contributed by atoms with van der Waals surface area (Å²) >= 11 is 0. The Morgan fingerprint density at radius 3 is 2.41 bits per heavy atom. The van der Waals surface area contributed by atoms with Crippen molar-refractivity contribution in [1.82, 2.24) is 10.6 Å². The van der Waals surface area contributed by atoms with Crippen molar-refractivity contribution in [3.8, 4) is 0 Å². The van der Waals surface area contributed by atoms with E-state index in [1.165, 1.54) is 19.2 Å². The summed E-state index contributed by atoms with van der Waals surface area (Å²) in [5, 5.41) is 7.86. The molecule has 0 spiro atoms. The Balaban J connectivity index is 0.00000420. The van der Waals surface area contributed by atoms with Crippen LogP contribution >= 0.6 is 24.0 Å². The topological polar surface area (TPSA) is 65.5 Å². The number of amides is 1. The first-order valence-electron chi connectivity index (χ1n) is 8.44. The quantitative estimate of drug-likeness (QED) is 0.178. The molecule has 5 nitrogen and oxygen atoms in total. The van der Waals surface area contributed by atoms with Gasteiger partial charge in [-0.25, -0.2) is 17.6 Å². The molecular weight excluding hydrogens is 503 g/mol. The first-order valence-corrected chi connectivity index (χ1v) is 8.44. The number of nitrogens with one attached hydrogen (secondary N) is 3. The predicted molar refractivity (Wildman–Crippen MR) is 115 cm³/mol. The maximum Gasteiger partial charge on any atom is 0.243 e. The molecular formula is C19H21F4IN4O. The zero-order valence-electron chi connectivity index (χ0n) is 15.8. The molecule has 0 atom stereocenters. The van der Waals surface area contributed by atoms with Crippen molar-refractivity contribution in [2.24, 2.45) is 4.99 Å². The van der Waals surface area contributed by atoms with Crippen LogP contribution in [0.5, 0.6) is 0 Å². The van der Waals surface area contributed by atoms with E-state index >= 15 is 0 Å². The molecule has 0 unspecified atom stereocenters. The van der Waals surface area contributed by atoms with Gasteiger partial charge in [0.1, 0.15) is 5.82 Å². The lowest BCUT2D eigenvalue weighted by Crippen LogP contribution is -2.42. The second-order valence-electron chi connectivity index (χ2n) is 5.94. The molecule has 0 aromatic heterocycles. The average Bonchev–Trinajstić information content (AvgIpc) is 2.66. The van der Waals surface area contributed by atoms with Gasteiger partial charge in [-0.3, -0.25) is 9.79 Å². The van der Waals surface area contributed by atoms with Crippen LogP contribution in [-0.2, 0) is 11.2 Å². The zero-order valence-corrected chi connectivity index (χ0v) is 18.1. The van der Waals surface area contributed by atoms with E-state index in [0.717, 1.165) is 23.3 Å². The standard InChI is InChI=1S/C19H20F4N4O.HI/c1-11-9-13(20)4-3-12(11)7-8-25-19(24-2)26-10-16(28)27-15-6-5-14(21)17(22)18(15)23;/h3-6,9H,7-8,10H2,1-2H3,(H,27,28)(H2,24,25,26);1H. The van der Waals surface area contributed by atoms with E-state index in [4.69, 9.17) is 0 Å². The molecule has 158 valence electrons. The molecule has 0 saturated heterocycles. The number of aryl methyl sites for hydroxylation is 1. The van der Waals surface area contributed by atoms with Gasteiger partial charge >= 0.3 is 0 Å². The molecule has 10 heteroatoms. The van der Waals surface area contributed by atoms with Crippen LogP contribution in [0.15, 0.2) is 35.3 Å². The lowest BCUT2D eigenvalue weighted by atomic mass is 10.1. The average molecular weight is 524 g/mol. The zero-order chi connectivity index (χ0) is 20.7. The summed E-state index contributed by atoms with van der Waals surface area (Å²) in [7, 11) is 1.51. The molecule has 29 heavy (non-hydrogen) atoms. The number of hydrogen-bond donors (Lipinski definition) is 3. The van der Waals surface area contributed by atoms with Gasteiger partial charge in [-0.05, 0) is 48.7 Å². The van der Waals surface area contributed by atoms with Crippen LogP contribution in [-0.4, -0.2) is 32.0 Å². The fraction of sp³-hybridized carbons (Fsp3) is 0.263. The molecule has 0 aliphatic heterocycles. The molecule has 0 saturated carbocycles. The Kier molecular flexibility index (Phi) is 9.86. The van der Waals surface area contributed by atoms with E-state index in [-0.39, 0.29) is 36.3 Å². The molecule has 0 heterocycles. The summed E-state index contributed by atoms with van der Waals surface area (Å²) in [6, 6.07) is 6.19. The van der Waals surface area contributed by atoms with Crippen LogP contribution in [0.3, 0.4) is 0 Å². The van der Waals surface area contributed by atoms with Crippen molar-refractivity contribution < 1.29 is 22.4 Å². The molecule has 3 N–H and O–H groups in total. The van der Waals surface area contributed by atoms with Crippen LogP contribution in [0, 0.1) is 30.2 Å². The summed E-state index contributed by atoms with van der Waals surface area (Å²) in [6.07, 6.45) is 0.610. The molecule has 2 aromatic rings. The minimum absolute atomic E-state index is 0. The molecule has 0 aliphatic carbocycles. The lowest BCUT2D eigenvalue weighted by molar-refractivity contribution is -0.115. The highest BCUT2D eigenvalue weighted by Crippen LogP contribution is 2.19. The molecule has 1 amide bonds. The van der Waals surface area contributed by atoms with Gasteiger partial charge in [0.15, 0.2) is 23.4 Å². The van der Waals surface area contributed by atoms with Crippen molar-refractivity contribution in [1.29, 1.82) is 0 Å². The summed E-state index contributed by atoms with van der Waals surface area (Å²) in [5.41, 5.74) is 1.34. The lowest BCUT2D eigenvalue weighted by Gasteiger charge is -2.13. The monoisotopic (exact) mass is 524 g/mol. The van der Waals surface area contributed by atoms with Gasteiger partial charge < -0.3 is 16.0 Å². The van der Waals surface area contributed by atoms with Gasteiger partial charge in [0.2, 0.25) is 5.91 Å². The van der Waals surface area contributed by atoms with Gasteiger partial charge in [0, 0.05) is 13.6 Å². The number of carbonyl (C=O) groups is 1. The normalized spacial score (nSPS) is 10.9. The largest absolute Gasteiger partial charge is 0.356 e. The Bertz CT molecular complexity index is 893. The highest BCUT2D eigenvalue weighted by Gasteiger charge is 2.15. The van der Waals surface area contributed by atoms with Crippen molar-refractivity contribution in [3.63, 3.8) is 0 Å². The molecule has 0 radical (unpaired) electrons. The summed E-state index contributed by atoms with van der Waals surface area (Å²) < 4.78 is 52.7. The van der Waals surface area contributed by atoms with Gasteiger partial charge in [-0.2, -0.15) is 0 Å². The Hall–Kier alpha value is -2.37. The van der Waals surface area contributed by atoms with Crippen LogP contribution < -0.4 is 16.0 Å². The molecule has 2 aromatic carbocycles. The number of aliphatic imine (C=N–C) groups is 1. The predicted octanol–water partition coefficient (Wildman–Crippen LogP) is 3.52. The number of anilines is 1. The van der Waals surface area contributed by atoms with E-state index < -0.39 is 29.0 Å². The SMILES string of the molecule is CN=C(NCCc1ccc(F)cc1C)NCC(=O)Nc1ccc(F)c(F)c1F.I. The second-order valence-corrected chi connectivity index (χ2v) is 5.94. The third kappa shape index (κ3) is 7.18. The fourth-order valence-electron chi connectivity index (χ4n) is 2.46. The number of nitrogens with zero attached hydrogens (tertiary/aromatic N) is 1. The number of halogens is 5. The number of rotatable bonds is 6. The second kappa shape index (κ2) is 11.6. The first kappa shape index (κ1) is 24.7. The smallest absolute Gasteiger partial charge is 0.243 e. The van der Waals surface area contributed by atoms with Gasteiger partial charge in [0.05, 0.1) is 12.2 Å². The van der Waals surface area contributed by atoms with E-state index in [1.807, 2.05) is 6.92 Å². The van der Waals surface area contributed by atoms with Crippen LogP contribution in [0.1, 0.15) is 11.1 Å². The third-order valence-corrected chi connectivity index (χ3v) is 3.94.